The number of rotatable bonds is 10. The van der Waals surface area contributed by atoms with E-state index < -0.39 is 0 Å². The average molecular weight is 421 g/mol. The molecule has 0 aliphatic carbocycles. The van der Waals surface area contributed by atoms with E-state index in [0.717, 1.165) is 32.1 Å². The highest BCUT2D eigenvalue weighted by Gasteiger charge is 2.04. The summed E-state index contributed by atoms with van der Waals surface area (Å²) in [7, 11) is 0. The molecule has 1 aromatic heterocycles. The summed E-state index contributed by atoms with van der Waals surface area (Å²) < 4.78 is 1.96. The molecule has 0 saturated heterocycles. The van der Waals surface area contributed by atoms with Gasteiger partial charge >= 0.3 is 0 Å². The van der Waals surface area contributed by atoms with Gasteiger partial charge in [-0.3, -0.25) is 9.67 Å². The lowest BCUT2D eigenvalue weighted by Crippen LogP contribution is -2.38. The third kappa shape index (κ3) is 10.0. The lowest BCUT2D eigenvalue weighted by Gasteiger charge is -2.13. The summed E-state index contributed by atoms with van der Waals surface area (Å²) in [6, 6.07) is 1.96. The van der Waals surface area contributed by atoms with Gasteiger partial charge in [-0.1, -0.05) is 33.1 Å². The van der Waals surface area contributed by atoms with Gasteiger partial charge in [0, 0.05) is 38.6 Å². The Kier molecular flexibility index (Phi) is 13.3. The number of hydrogen-bond acceptors (Lipinski definition) is 2. The molecule has 1 heterocycles. The highest BCUT2D eigenvalue weighted by atomic mass is 127. The monoisotopic (exact) mass is 421 g/mol. The summed E-state index contributed by atoms with van der Waals surface area (Å²) in [4.78, 5) is 4.67. The van der Waals surface area contributed by atoms with Gasteiger partial charge in [0.1, 0.15) is 0 Å². The Morgan fingerprint density at radius 3 is 2.68 bits per heavy atom. The van der Waals surface area contributed by atoms with E-state index in [9.17, 15) is 0 Å². The topological polar surface area (TPSA) is 54.2 Å². The molecule has 0 amide bonds. The van der Waals surface area contributed by atoms with Gasteiger partial charge in [0.25, 0.3) is 0 Å². The van der Waals surface area contributed by atoms with Crippen molar-refractivity contribution in [3.05, 3.63) is 18.5 Å². The first-order chi connectivity index (χ1) is 10.3. The zero-order valence-corrected chi connectivity index (χ0v) is 16.5. The summed E-state index contributed by atoms with van der Waals surface area (Å²) in [6.07, 6.45) is 8.91. The van der Waals surface area contributed by atoms with Crippen LogP contribution in [0.5, 0.6) is 0 Å². The second-order valence-electron chi connectivity index (χ2n) is 5.54. The largest absolute Gasteiger partial charge is 0.357 e. The van der Waals surface area contributed by atoms with E-state index in [1.807, 2.05) is 23.1 Å². The first-order valence-electron chi connectivity index (χ1n) is 8.25. The van der Waals surface area contributed by atoms with E-state index in [2.05, 4.69) is 41.5 Å². The minimum absolute atomic E-state index is 0. The molecule has 0 aromatic carbocycles. The van der Waals surface area contributed by atoms with Crippen molar-refractivity contribution < 1.29 is 0 Å². The second kappa shape index (κ2) is 13.8. The van der Waals surface area contributed by atoms with Crippen molar-refractivity contribution in [2.45, 2.75) is 53.0 Å². The number of guanidine groups is 1. The van der Waals surface area contributed by atoms with E-state index in [1.165, 1.54) is 25.7 Å². The molecule has 1 atom stereocenters. The predicted octanol–water partition coefficient (Wildman–Crippen LogP) is 3.27. The second-order valence-corrected chi connectivity index (χ2v) is 5.54. The van der Waals surface area contributed by atoms with Crippen LogP contribution in [0.3, 0.4) is 0 Å². The van der Waals surface area contributed by atoms with Crippen molar-refractivity contribution in [3.8, 4) is 0 Å². The molecule has 0 aliphatic heterocycles. The molecule has 22 heavy (non-hydrogen) atoms. The van der Waals surface area contributed by atoms with E-state index in [-0.39, 0.29) is 24.0 Å². The van der Waals surface area contributed by atoms with Crippen LogP contribution in [-0.4, -0.2) is 35.4 Å². The zero-order chi connectivity index (χ0) is 15.3. The summed E-state index contributed by atoms with van der Waals surface area (Å²) in [5.41, 5.74) is 0. The van der Waals surface area contributed by atoms with Crippen LogP contribution < -0.4 is 10.6 Å². The predicted molar refractivity (Wildman–Crippen MR) is 105 cm³/mol. The first kappa shape index (κ1) is 21.2. The molecule has 1 aromatic rings. The van der Waals surface area contributed by atoms with Crippen LogP contribution in [0.1, 0.15) is 46.5 Å². The number of halogens is 1. The van der Waals surface area contributed by atoms with E-state index in [0.29, 0.717) is 5.92 Å². The Bertz CT molecular complexity index is 378. The Hall–Kier alpha value is -0.790. The first-order valence-corrected chi connectivity index (χ1v) is 8.25. The highest BCUT2D eigenvalue weighted by Crippen LogP contribution is 2.00. The highest BCUT2D eigenvalue weighted by molar-refractivity contribution is 14.0. The Labute approximate surface area is 152 Å². The quantitative estimate of drug-likeness (QED) is 0.264. The summed E-state index contributed by atoms with van der Waals surface area (Å²) in [5.74, 6) is 1.40. The molecule has 0 bridgehead atoms. The fourth-order valence-corrected chi connectivity index (χ4v) is 2.13. The molecule has 128 valence electrons. The molecule has 0 spiro atoms. The maximum Gasteiger partial charge on any atom is 0.191 e. The smallest absolute Gasteiger partial charge is 0.191 e. The van der Waals surface area contributed by atoms with E-state index in [4.69, 9.17) is 0 Å². The molecule has 0 aliphatic rings. The van der Waals surface area contributed by atoms with Crippen LogP contribution in [0.15, 0.2) is 23.5 Å². The van der Waals surface area contributed by atoms with Crippen LogP contribution in [0.25, 0.3) is 0 Å². The lowest BCUT2D eigenvalue weighted by molar-refractivity contribution is 0.458. The lowest BCUT2D eigenvalue weighted by atomic mass is 10.2. The third-order valence-corrected chi connectivity index (χ3v) is 3.29. The normalized spacial score (nSPS) is 12.6. The summed E-state index contributed by atoms with van der Waals surface area (Å²) in [6.45, 7) is 10.2. The van der Waals surface area contributed by atoms with Crippen LogP contribution in [0.2, 0.25) is 0 Å². The van der Waals surface area contributed by atoms with Gasteiger partial charge in [-0.2, -0.15) is 5.10 Å². The van der Waals surface area contributed by atoms with E-state index in [1.54, 1.807) is 0 Å². The average Bonchev–Trinajstić information content (AvgIpc) is 2.97. The molecule has 6 heteroatoms. The Balaban J connectivity index is 0.00000441. The minimum Gasteiger partial charge on any atom is -0.357 e. The number of unbranched alkanes of at least 4 members (excludes halogenated alkanes) is 3. The van der Waals surface area contributed by atoms with Crippen LogP contribution in [0.4, 0.5) is 0 Å². The van der Waals surface area contributed by atoms with Crippen molar-refractivity contribution in [2.24, 2.45) is 10.9 Å². The molecule has 0 fully saturated rings. The van der Waals surface area contributed by atoms with Gasteiger partial charge in [0.05, 0.1) is 0 Å². The number of hydrogen-bond donors (Lipinski definition) is 2. The Morgan fingerprint density at radius 1 is 1.23 bits per heavy atom. The number of nitrogens with zero attached hydrogens (tertiary/aromatic N) is 3. The number of aliphatic imine (C=N–C) groups is 1. The molecule has 0 saturated carbocycles. The summed E-state index contributed by atoms with van der Waals surface area (Å²) in [5, 5.41) is 10.9. The maximum absolute atomic E-state index is 4.67. The minimum atomic E-state index is 0. The number of aromatic nitrogens is 2. The molecule has 5 nitrogen and oxygen atoms in total. The van der Waals surface area contributed by atoms with Crippen LogP contribution in [0, 0.1) is 5.92 Å². The SMILES string of the molecule is CCCCCCNC(=NCC(C)Cn1cccn1)NCC.I. The molecule has 0 radical (unpaired) electrons. The third-order valence-electron chi connectivity index (χ3n) is 3.29. The van der Waals surface area contributed by atoms with Gasteiger partial charge in [0.15, 0.2) is 5.96 Å². The molecular formula is C16H32IN5. The van der Waals surface area contributed by atoms with Crippen molar-refractivity contribution in [1.82, 2.24) is 20.4 Å². The molecular weight excluding hydrogens is 389 g/mol. The van der Waals surface area contributed by atoms with Crippen molar-refractivity contribution in [2.75, 3.05) is 19.6 Å². The molecule has 2 N–H and O–H groups in total. The fraction of sp³-hybridized carbons (Fsp3) is 0.750. The van der Waals surface area contributed by atoms with Gasteiger partial charge in [-0.05, 0) is 25.3 Å². The fourth-order valence-electron chi connectivity index (χ4n) is 2.13. The number of nitrogens with one attached hydrogen (secondary N) is 2. The van der Waals surface area contributed by atoms with Crippen LogP contribution in [-0.2, 0) is 6.54 Å². The van der Waals surface area contributed by atoms with Gasteiger partial charge in [-0.25, -0.2) is 0 Å². The van der Waals surface area contributed by atoms with Crippen molar-refractivity contribution >= 4 is 29.9 Å². The van der Waals surface area contributed by atoms with Crippen molar-refractivity contribution in [3.63, 3.8) is 0 Å². The van der Waals surface area contributed by atoms with Crippen LogP contribution >= 0.6 is 24.0 Å². The van der Waals surface area contributed by atoms with Gasteiger partial charge < -0.3 is 10.6 Å². The van der Waals surface area contributed by atoms with E-state index >= 15 is 0 Å². The molecule has 1 unspecified atom stereocenters. The maximum atomic E-state index is 4.67. The Morgan fingerprint density at radius 2 is 2.05 bits per heavy atom. The van der Waals surface area contributed by atoms with Gasteiger partial charge in [0.2, 0.25) is 0 Å². The molecule has 1 rings (SSSR count). The van der Waals surface area contributed by atoms with Crippen molar-refractivity contribution in [1.29, 1.82) is 0 Å². The zero-order valence-electron chi connectivity index (χ0n) is 14.2. The standard InChI is InChI=1S/C16H31N5.HI/c1-4-6-7-8-10-18-16(17-5-2)19-13-15(3)14-21-12-9-11-20-21;/h9,11-12,15H,4-8,10,13-14H2,1-3H3,(H2,17,18,19);1H. The van der Waals surface area contributed by atoms with Gasteiger partial charge in [-0.15, -0.1) is 24.0 Å². The summed E-state index contributed by atoms with van der Waals surface area (Å²) >= 11 is 0.